The lowest BCUT2D eigenvalue weighted by molar-refractivity contribution is -0.209. The summed E-state index contributed by atoms with van der Waals surface area (Å²) in [6.45, 7) is 5.04. The molecular formula is C22H40O4. The third kappa shape index (κ3) is 7.96. The van der Waals surface area contributed by atoms with E-state index in [2.05, 4.69) is 6.92 Å². The van der Waals surface area contributed by atoms with Gasteiger partial charge in [-0.15, -0.1) is 0 Å². The van der Waals surface area contributed by atoms with Gasteiger partial charge in [-0.25, -0.2) is 0 Å². The van der Waals surface area contributed by atoms with Crippen molar-refractivity contribution in [2.45, 2.75) is 122 Å². The molecule has 2 aliphatic rings. The zero-order valence-electron chi connectivity index (χ0n) is 17.0. The van der Waals surface area contributed by atoms with E-state index in [4.69, 9.17) is 14.2 Å². The molecule has 0 saturated carbocycles. The van der Waals surface area contributed by atoms with E-state index in [1.165, 1.54) is 64.2 Å². The number of carbonyl (C=O) groups is 1. The average Bonchev–Trinajstić information content (AvgIpc) is 2.66. The molecule has 0 amide bonds. The van der Waals surface area contributed by atoms with E-state index in [9.17, 15) is 4.79 Å². The van der Waals surface area contributed by atoms with Crippen molar-refractivity contribution in [2.24, 2.45) is 5.92 Å². The standard InChI is InChI=1S/C22H40O4/c1-3-4-5-6-7-8-9-10-11-14-19(17-20-18(2)22(23)26-20)25-21-15-12-13-16-24-21/h18-21H,3-17H2,1-2H3/t18?,19?,20?,21-/m1/s1. The topological polar surface area (TPSA) is 44.8 Å². The van der Waals surface area contributed by atoms with Crippen molar-refractivity contribution in [2.75, 3.05) is 6.61 Å². The summed E-state index contributed by atoms with van der Waals surface area (Å²) in [4.78, 5) is 11.4. The molecule has 0 spiro atoms. The van der Waals surface area contributed by atoms with Crippen LogP contribution < -0.4 is 0 Å². The Kier molecular flexibility index (Phi) is 10.6. The Morgan fingerprint density at radius 3 is 2.31 bits per heavy atom. The van der Waals surface area contributed by atoms with Gasteiger partial charge >= 0.3 is 5.97 Å². The van der Waals surface area contributed by atoms with E-state index in [1.807, 2.05) is 6.92 Å². The fourth-order valence-corrected chi connectivity index (χ4v) is 3.91. The first kappa shape index (κ1) is 21.7. The number of esters is 1. The number of unbranched alkanes of at least 4 members (excludes halogenated alkanes) is 8. The lowest BCUT2D eigenvalue weighted by atomic mass is 9.92. The molecule has 0 radical (unpaired) electrons. The minimum atomic E-state index is -0.0641. The first-order valence-corrected chi connectivity index (χ1v) is 11.2. The van der Waals surface area contributed by atoms with Gasteiger partial charge in [-0.2, -0.15) is 0 Å². The number of ether oxygens (including phenoxy) is 3. The molecule has 26 heavy (non-hydrogen) atoms. The lowest BCUT2D eigenvalue weighted by Crippen LogP contribution is -2.45. The first-order valence-electron chi connectivity index (χ1n) is 11.2. The predicted octanol–water partition coefficient (Wildman–Crippen LogP) is 5.77. The first-order chi connectivity index (χ1) is 12.7. The van der Waals surface area contributed by atoms with Gasteiger partial charge in [-0.1, -0.05) is 64.7 Å². The van der Waals surface area contributed by atoms with E-state index >= 15 is 0 Å². The van der Waals surface area contributed by atoms with Gasteiger partial charge in [0, 0.05) is 13.0 Å². The maximum absolute atomic E-state index is 11.4. The molecule has 0 aromatic carbocycles. The molecule has 2 fully saturated rings. The van der Waals surface area contributed by atoms with Crippen molar-refractivity contribution >= 4 is 5.97 Å². The van der Waals surface area contributed by atoms with Gasteiger partial charge in [0.05, 0.1) is 12.0 Å². The fourth-order valence-electron chi connectivity index (χ4n) is 3.91. The zero-order chi connectivity index (χ0) is 18.6. The van der Waals surface area contributed by atoms with Crippen LogP contribution in [0.4, 0.5) is 0 Å². The van der Waals surface area contributed by atoms with Crippen LogP contribution in [0.15, 0.2) is 0 Å². The molecule has 4 heteroatoms. The third-order valence-corrected chi connectivity index (χ3v) is 5.80. The molecule has 2 heterocycles. The summed E-state index contributed by atoms with van der Waals surface area (Å²) in [6.07, 6.45) is 17.4. The number of hydrogen-bond donors (Lipinski definition) is 0. The molecule has 0 aromatic rings. The molecule has 2 rings (SSSR count). The average molecular weight is 369 g/mol. The molecule has 0 N–H and O–H groups in total. The fraction of sp³-hybridized carbons (Fsp3) is 0.955. The summed E-state index contributed by atoms with van der Waals surface area (Å²) in [5.74, 6) is -0.0396. The van der Waals surface area contributed by atoms with Crippen molar-refractivity contribution in [3.63, 3.8) is 0 Å². The van der Waals surface area contributed by atoms with Gasteiger partial charge in [0.1, 0.15) is 6.10 Å². The third-order valence-electron chi connectivity index (χ3n) is 5.80. The summed E-state index contributed by atoms with van der Waals surface area (Å²) >= 11 is 0. The van der Waals surface area contributed by atoms with Crippen molar-refractivity contribution in [3.05, 3.63) is 0 Å². The van der Waals surface area contributed by atoms with Crippen molar-refractivity contribution < 1.29 is 19.0 Å². The van der Waals surface area contributed by atoms with E-state index in [1.54, 1.807) is 0 Å². The van der Waals surface area contributed by atoms with Gasteiger partial charge in [-0.05, 0) is 32.6 Å². The van der Waals surface area contributed by atoms with Crippen LogP contribution in [0, 0.1) is 5.92 Å². The molecule has 152 valence electrons. The Hall–Kier alpha value is -0.610. The van der Waals surface area contributed by atoms with E-state index in [0.29, 0.717) is 0 Å². The molecule has 4 nitrogen and oxygen atoms in total. The summed E-state index contributed by atoms with van der Waals surface area (Å²) in [5, 5.41) is 0. The van der Waals surface area contributed by atoms with Crippen LogP contribution in [0.1, 0.15) is 104 Å². The highest BCUT2D eigenvalue weighted by Crippen LogP contribution is 2.29. The minimum Gasteiger partial charge on any atom is -0.461 e. The Balaban J connectivity index is 1.60. The molecule has 2 saturated heterocycles. The molecule has 2 aliphatic heterocycles. The summed E-state index contributed by atoms with van der Waals surface area (Å²) in [5.41, 5.74) is 0. The molecule has 3 unspecified atom stereocenters. The number of hydrogen-bond acceptors (Lipinski definition) is 4. The molecule has 0 aromatic heterocycles. The molecular weight excluding hydrogens is 328 g/mol. The SMILES string of the molecule is CCCCCCCCCCCC(CC1OC(=O)C1C)O[C@@H]1CCCCO1. The summed E-state index contributed by atoms with van der Waals surface area (Å²) in [6, 6.07) is 0. The Morgan fingerprint density at radius 2 is 1.73 bits per heavy atom. The van der Waals surface area contributed by atoms with E-state index in [-0.39, 0.29) is 30.4 Å². The van der Waals surface area contributed by atoms with Crippen molar-refractivity contribution in [3.8, 4) is 0 Å². The Morgan fingerprint density at radius 1 is 1.04 bits per heavy atom. The van der Waals surface area contributed by atoms with Crippen LogP contribution >= 0.6 is 0 Å². The quantitative estimate of drug-likeness (QED) is 0.288. The Bertz CT molecular complexity index is 378. The number of cyclic esters (lactones) is 1. The van der Waals surface area contributed by atoms with Crippen LogP contribution in [-0.2, 0) is 19.0 Å². The highest BCUT2D eigenvalue weighted by Gasteiger charge is 2.40. The second-order valence-electron chi connectivity index (χ2n) is 8.17. The van der Waals surface area contributed by atoms with Crippen LogP contribution in [0.3, 0.4) is 0 Å². The Labute approximate surface area is 160 Å². The lowest BCUT2D eigenvalue weighted by Gasteiger charge is -2.36. The van der Waals surface area contributed by atoms with Gasteiger partial charge in [-0.3, -0.25) is 4.79 Å². The highest BCUT2D eigenvalue weighted by atomic mass is 16.7. The van der Waals surface area contributed by atoms with Gasteiger partial charge < -0.3 is 14.2 Å². The summed E-state index contributed by atoms with van der Waals surface area (Å²) < 4.78 is 17.3. The minimum absolute atomic E-state index is 0.0245. The van der Waals surface area contributed by atoms with Crippen LogP contribution in [0.2, 0.25) is 0 Å². The predicted molar refractivity (Wildman–Crippen MR) is 104 cm³/mol. The number of rotatable bonds is 14. The highest BCUT2D eigenvalue weighted by molar-refractivity contribution is 5.77. The molecule has 0 aliphatic carbocycles. The van der Waals surface area contributed by atoms with Crippen molar-refractivity contribution in [1.29, 1.82) is 0 Å². The van der Waals surface area contributed by atoms with Crippen molar-refractivity contribution in [1.82, 2.24) is 0 Å². The number of carbonyl (C=O) groups excluding carboxylic acids is 1. The van der Waals surface area contributed by atoms with Crippen LogP contribution in [0.25, 0.3) is 0 Å². The summed E-state index contributed by atoms with van der Waals surface area (Å²) in [7, 11) is 0. The van der Waals surface area contributed by atoms with Gasteiger partial charge in [0.15, 0.2) is 6.29 Å². The largest absolute Gasteiger partial charge is 0.461 e. The normalized spacial score (nSPS) is 27.0. The van der Waals surface area contributed by atoms with E-state index < -0.39 is 0 Å². The van der Waals surface area contributed by atoms with Crippen LogP contribution in [0.5, 0.6) is 0 Å². The molecule has 4 atom stereocenters. The zero-order valence-corrected chi connectivity index (χ0v) is 17.0. The van der Waals surface area contributed by atoms with Gasteiger partial charge in [0.2, 0.25) is 0 Å². The smallest absolute Gasteiger partial charge is 0.312 e. The second-order valence-corrected chi connectivity index (χ2v) is 8.17. The van der Waals surface area contributed by atoms with Gasteiger partial charge in [0.25, 0.3) is 0 Å². The van der Waals surface area contributed by atoms with E-state index in [0.717, 1.165) is 32.3 Å². The second kappa shape index (κ2) is 12.7. The molecule has 0 bridgehead atoms. The van der Waals surface area contributed by atoms with Crippen LogP contribution in [-0.4, -0.2) is 31.1 Å². The monoisotopic (exact) mass is 368 g/mol. The maximum Gasteiger partial charge on any atom is 0.312 e. The maximum atomic E-state index is 11.4.